The summed E-state index contributed by atoms with van der Waals surface area (Å²) in [6.45, 7) is 1.27. The molecule has 5 nitrogen and oxygen atoms in total. The maximum Gasteiger partial charge on any atom is 0.341 e. The van der Waals surface area contributed by atoms with Crippen LogP contribution in [0.1, 0.15) is 22.8 Å². The molecule has 22 heavy (non-hydrogen) atoms. The Morgan fingerprint density at radius 2 is 1.82 bits per heavy atom. The number of methoxy groups -OCH3 is 1. The average molecular weight is 297 g/mol. The molecule has 0 radical (unpaired) electrons. The number of hydrogen-bond donors (Lipinski definition) is 0. The Morgan fingerprint density at radius 1 is 1.09 bits per heavy atom. The van der Waals surface area contributed by atoms with E-state index in [9.17, 15) is 9.59 Å². The van der Waals surface area contributed by atoms with E-state index in [1.807, 2.05) is 30.3 Å². The van der Waals surface area contributed by atoms with E-state index in [0.29, 0.717) is 5.69 Å². The molecule has 0 heterocycles. The van der Waals surface area contributed by atoms with Gasteiger partial charge in [-0.05, 0) is 23.8 Å². The second kappa shape index (κ2) is 7.17. The predicted molar refractivity (Wildman–Crippen MR) is 82.8 cm³/mol. The van der Waals surface area contributed by atoms with Crippen molar-refractivity contribution in [2.24, 2.45) is 4.99 Å². The summed E-state index contributed by atoms with van der Waals surface area (Å²) in [5.74, 6) is -0.947. The van der Waals surface area contributed by atoms with Crippen LogP contribution in [0.2, 0.25) is 0 Å². The van der Waals surface area contributed by atoms with E-state index in [4.69, 9.17) is 9.47 Å². The zero-order valence-corrected chi connectivity index (χ0v) is 12.3. The van der Waals surface area contributed by atoms with E-state index in [-0.39, 0.29) is 11.3 Å². The first kappa shape index (κ1) is 15.4. The highest BCUT2D eigenvalue weighted by molar-refractivity contribution is 5.94. The number of rotatable bonds is 4. The minimum atomic E-state index is -0.590. The third-order valence-corrected chi connectivity index (χ3v) is 2.78. The topological polar surface area (TPSA) is 65.0 Å². The number of ether oxygens (including phenoxy) is 2. The van der Waals surface area contributed by atoms with Gasteiger partial charge in [0.05, 0.1) is 12.8 Å². The highest BCUT2D eigenvalue weighted by Crippen LogP contribution is 2.25. The van der Waals surface area contributed by atoms with Crippen LogP contribution in [0.3, 0.4) is 0 Å². The Bertz CT molecular complexity index is 708. The summed E-state index contributed by atoms with van der Waals surface area (Å²) in [6, 6.07) is 14.3. The molecule has 2 rings (SSSR count). The molecule has 0 atom stereocenters. The van der Waals surface area contributed by atoms with Crippen molar-refractivity contribution in [3.8, 4) is 5.75 Å². The predicted octanol–water partition coefficient (Wildman–Crippen LogP) is 3.15. The van der Waals surface area contributed by atoms with Crippen molar-refractivity contribution in [2.45, 2.75) is 6.92 Å². The van der Waals surface area contributed by atoms with Crippen molar-refractivity contribution in [3.05, 3.63) is 59.7 Å². The fourth-order valence-electron chi connectivity index (χ4n) is 1.80. The molecule has 0 bridgehead atoms. The van der Waals surface area contributed by atoms with Crippen molar-refractivity contribution in [3.63, 3.8) is 0 Å². The molecule has 0 aromatic heterocycles. The van der Waals surface area contributed by atoms with Crippen molar-refractivity contribution in [1.29, 1.82) is 0 Å². The molecule has 0 amide bonds. The van der Waals surface area contributed by atoms with Crippen molar-refractivity contribution in [1.82, 2.24) is 0 Å². The second-order valence-electron chi connectivity index (χ2n) is 4.43. The molecule has 0 spiro atoms. The molecule has 0 fully saturated rings. The Labute approximate surface area is 128 Å². The Balaban J connectivity index is 2.32. The van der Waals surface area contributed by atoms with Crippen LogP contribution >= 0.6 is 0 Å². The van der Waals surface area contributed by atoms with Crippen LogP contribution in [-0.4, -0.2) is 25.3 Å². The third-order valence-electron chi connectivity index (χ3n) is 2.78. The lowest BCUT2D eigenvalue weighted by Crippen LogP contribution is -2.08. The van der Waals surface area contributed by atoms with Gasteiger partial charge in [-0.3, -0.25) is 9.79 Å². The first-order valence-electron chi connectivity index (χ1n) is 6.60. The summed E-state index contributed by atoms with van der Waals surface area (Å²) >= 11 is 0. The number of carbonyl (C=O) groups excluding carboxylic acids is 2. The third kappa shape index (κ3) is 4.02. The smallest absolute Gasteiger partial charge is 0.341 e. The molecule has 2 aromatic carbocycles. The first-order chi connectivity index (χ1) is 10.6. The van der Waals surface area contributed by atoms with Crippen LogP contribution in [0.25, 0.3) is 0 Å². The number of hydrogen-bond acceptors (Lipinski definition) is 5. The van der Waals surface area contributed by atoms with Gasteiger partial charge in [0.1, 0.15) is 11.3 Å². The molecule has 0 unspecified atom stereocenters. The van der Waals surface area contributed by atoms with Crippen molar-refractivity contribution >= 4 is 23.8 Å². The van der Waals surface area contributed by atoms with Gasteiger partial charge in [0.2, 0.25) is 0 Å². The monoisotopic (exact) mass is 297 g/mol. The summed E-state index contributed by atoms with van der Waals surface area (Å²) in [6.07, 6.45) is 1.68. The molecule has 2 aromatic rings. The van der Waals surface area contributed by atoms with E-state index < -0.39 is 11.9 Å². The quantitative estimate of drug-likeness (QED) is 0.494. The highest BCUT2D eigenvalue weighted by Gasteiger charge is 2.15. The van der Waals surface area contributed by atoms with Crippen LogP contribution in [-0.2, 0) is 9.53 Å². The lowest BCUT2D eigenvalue weighted by atomic mass is 10.1. The molecule has 5 heteroatoms. The Hall–Kier alpha value is -2.95. The Kier molecular flexibility index (Phi) is 5.03. The number of carbonyl (C=O) groups is 2. The summed E-state index contributed by atoms with van der Waals surface area (Å²) in [5, 5.41) is 0. The van der Waals surface area contributed by atoms with Crippen LogP contribution in [0.5, 0.6) is 5.75 Å². The molecule has 0 saturated heterocycles. The summed E-state index contributed by atoms with van der Waals surface area (Å²) in [7, 11) is 1.26. The number of benzene rings is 2. The van der Waals surface area contributed by atoms with Gasteiger partial charge in [0.15, 0.2) is 0 Å². The summed E-state index contributed by atoms with van der Waals surface area (Å²) in [5.41, 5.74) is 1.65. The highest BCUT2D eigenvalue weighted by atomic mass is 16.5. The zero-order chi connectivity index (χ0) is 15.9. The molecule has 0 saturated carbocycles. The van der Waals surface area contributed by atoms with E-state index in [0.717, 1.165) is 5.56 Å². The van der Waals surface area contributed by atoms with Crippen LogP contribution < -0.4 is 4.74 Å². The standard InChI is InChI=1S/C17H15NO4/c1-12(19)22-16-9-8-14(10-15(16)17(20)21-2)18-11-13-6-4-3-5-7-13/h3-11H,1-2H3/b18-11+. The molecule has 0 aliphatic rings. The van der Waals surface area contributed by atoms with Gasteiger partial charge in [0, 0.05) is 13.1 Å². The fraction of sp³-hybridized carbons (Fsp3) is 0.118. The van der Waals surface area contributed by atoms with Crippen LogP contribution in [0.15, 0.2) is 53.5 Å². The van der Waals surface area contributed by atoms with Gasteiger partial charge >= 0.3 is 11.9 Å². The molecule has 0 aliphatic carbocycles. The first-order valence-corrected chi connectivity index (χ1v) is 6.60. The minimum absolute atomic E-state index is 0.151. The van der Waals surface area contributed by atoms with E-state index >= 15 is 0 Å². The molecule has 0 aliphatic heterocycles. The maximum absolute atomic E-state index is 11.8. The lowest BCUT2D eigenvalue weighted by Gasteiger charge is -2.08. The van der Waals surface area contributed by atoms with Gasteiger partial charge in [-0.25, -0.2) is 4.79 Å². The van der Waals surface area contributed by atoms with Gasteiger partial charge in [0.25, 0.3) is 0 Å². The van der Waals surface area contributed by atoms with Crippen LogP contribution in [0, 0.1) is 0 Å². The number of esters is 2. The van der Waals surface area contributed by atoms with E-state index in [1.165, 1.54) is 26.2 Å². The zero-order valence-electron chi connectivity index (χ0n) is 12.3. The lowest BCUT2D eigenvalue weighted by molar-refractivity contribution is -0.131. The molecule has 0 N–H and O–H groups in total. The van der Waals surface area contributed by atoms with Gasteiger partial charge in [-0.2, -0.15) is 0 Å². The van der Waals surface area contributed by atoms with E-state index in [2.05, 4.69) is 4.99 Å². The summed E-state index contributed by atoms with van der Waals surface area (Å²) < 4.78 is 9.69. The van der Waals surface area contributed by atoms with Gasteiger partial charge in [-0.1, -0.05) is 30.3 Å². The normalized spacial score (nSPS) is 10.5. The van der Waals surface area contributed by atoms with E-state index in [1.54, 1.807) is 12.3 Å². The SMILES string of the molecule is COC(=O)c1cc(/N=C/c2ccccc2)ccc1OC(C)=O. The van der Waals surface area contributed by atoms with Crippen molar-refractivity contribution in [2.75, 3.05) is 7.11 Å². The molecular weight excluding hydrogens is 282 g/mol. The van der Waals surface area contributed by atoms with Crippen molar-refractivity contribution < 1.29 is 19.1 Å². The maximum atomic E-state index is 11.8. The summed E-state index contributed by atoms with van der Waals surface area (Å²) in [4.78, 5) is 27.1. The van der Waals surface area contributed by atoms with Crippen LogP contribution in [0.4, 0.5) is 5.69 Å². The number of nitrogens with zero attached hydrogens (tertiary/aromatic N) is 1. The average Bonchev–Trinajstić information content (AvgIpc) is 2.53. The fourth-order valence-corrected chi connectivity index (χ4v) is 1.80. The van der Waals surface area contributed by atoms with Gasteiger partial charge in [-0.15, -0.1) is 0 Å². The van der Waals surface area contributed by atoms with Gasteiger partial charge < -0.3 is 9.47 Å². The molecule has 112 valence electrons. The largest absolute Gasteiger partial charge is 0.465 e. The minimum Gasteiger partial charge on any atom is -0.465 e. The molecular formula is C17H15NO4. The second-order valence-corrected chi connectivity index (χ2v) is 4.43. The Morgan fingerprint density at radius 3 is 2.45 bits per heavy atom. The number of aliphatic imine (C=N–C) groups is 1.